The Morgan fingerprint density at radius 2 is 2.00 bits per heavy atom. The Bertz CT molecular complexity index is 1050. The number of hydrogen-bond acceptors (Lipinski definition) is 12. The van der Waals surface area contributed by atoms with E-state index in [1.807, 2.05) is 0 Å². The molecule has 1 aromatic rings. The predicted molar refractivity (Wildman–Crippen MR) is 114 cm³/mol. The second-order valence-corrected chi connectivity index (χ2v) is 8.21. The zero-order valence-corrected chi connectivity index (χ0v) is 23.5. The number of hydrogen-bond donors (Lipinski definition) is 4. The Morgan fingerprint density at radius 3 is 2.45 bits per heavy atom. The number of aromatic nitrogens is 1. The van der Waals surface area contributed by atoms with Crippen molar-refractivity contribution in [2.75, 3.05) is 12.3 Å². The van der Waals surface area contributed by atoms with Crippen LogP contribution in [0, 0.1) is 0 Å². The molecule has 1 fully saturated rings. The predicted octanol–water partition coefficient (Wildman–Crippen LogP) is -2.78. The third kappa shape index (κ3) is 8.15. The van der Waals surface area contributed by atoms with Crippen molar-refractivity contribution in [3.63, 3.8) is 0 Å². The molecule has 33 heavy (non-hydrogen) atoms. The Kier molecular flexibility index (Phi) is 12.4. The van der Waals surface area contributed by atoms with E-state index in [2.05, 4.69) is 20.2 Å². The molecule has 0 saturated carbocycles. The molecule has 1 aliphatic rings. The van der Waals surface area contributed by atoms with Gasteiger partial charge in [-0.15, -0.1) is 11.3 Å². The summed E-state index contributed by atoms with van der Waals surface area (Å²) in [5.74, 6) is -4.47. The number of esters is 1. The summed E-state index contributed by atoms with van der Waals surface area (Å²) in [6.45, 7) is 1.53. The van der Waals surface area contributed by atoms with Crippen LogP contribution in [0.15, 0.2) is 10.5 Å². The molecule has 172 valence electrons. The van der Waals surface area contributed by atoms with Crippen LogP contribution in [-0.4, -0.2) is 141 Å². The molecular weight excluding hydrogens is 508 g/mol. The van der Waals surface area contributed by atoms with Crippen molar-refractivity contribution in [1.82, 2.24) is 14.6 Å². The number of nitrogens with zero attached hydrogens (tertiary/aromatic N) is 3. The third-order valence-corrected chi connectivity index (χ3v) is 5.41. The first-order valence-electron chi connectivity index (χ1n) is 8.25. The van der Waals surface area contributed by atoms with E-state index in [1.54, 1.807) is 0 Å². The Hall–Kier alpha value is -1.31. The molecule has 1 saturated heterocycles. The molecule has 2 rings (SSSR count). The van der Waals surface area contributed by atoms with Crippen molar-refractivity contribution in [2.45, 2.75) is 32.0 Å². The Balaban J connectivity index is 0.00000512. The molecule has 0 spiro atoms. The normalized spacial score (nSPS) is 18.7. The van der Waals surface area contributed by atoms with Crippen molar-refractivity contribution >= 4 is 115 Å². The molecule has 3 atom stereocenters. The van der Waals surface area contributed by atoms with Crippen LogP contribution in [0.1, 0.15) is 19.5 Å². The summed E-state index contributed by atoms with van der Waals surface area (Å²) in [7, 11) is -4.99. The molecule has 2 radical (unpaired) electrons. The van der Waals surface area contributed by atoms with Gasteiger partial charge < -0.3 is 25.7 Å². The summed E-state index contributed by atoms with van der Waals surface area (Å²) in [6.07, 6.45) is -1.43. The molecule has 1 aromatic heterocycles. The van der Waals surface area contributed by atoms with E-state index in [9.17, 15) is 32.1 Å². The van der Waals surface area contributed by atoms with E-state index in [0.29, 0.717) is 0 Å². The summed E-state index contributed by atoms with van der Waals surface area (Å²) in [4.78, 5) is 55.4. The SMILES string of the molecule is CC(=O)OC[C@@H]1[C@H](NC(=O)C(=NOC(C)C(=O)O)c2csc(N)n2)C(=O)N1S(=O)(=O)O.[Na].[Na]. The van der Waals surface area contributed by atoms with Gasteiger partial charge >= 0.3 is 22.2 Å². The van der Waals surface area contributed by atoms with Gasteiger partial charge in [0.15, 0.2) is 10.8 Å². The number of carboxylic acid groups (broad SMARTS) is 1. The number of carbonyl (C=O) groups is 4. The van der Waals surface area contributed by atoms with Crippen molar-refractivity contribution in [1.29, 1.82) is 0 Å². The number of β-lactam (4-membered cyclic amide) rings is 1. The molecule has 2 heterocycles. The number of carboxylic acids is 1. The number of aliphatic carboxylic acids is 1. The van der Waals surface area contributed by atoms with E-state index >= 15 is 0 Å². The number of amides is 2. The molecule has 15 nitrogen and oxygen atoms in total. The quantitative estimate of drug-likeness (QED) is 0.0641. The first kappa shape index (κ1) is 31.7. The molecule has 5 N–H and O–H groups in total. The maximum absolute atomic E-state index is 12.7. The molecule has 1 unspecified atom stereocenters. The average Bonchev–Trinajstić information content (AvgIpc) is 3.07. The monoisotopic (exact) mass is 525 g/mol. The fourth-order valence-electron chi connectivity index (χ4n) is 2.32. The zero-order valence-electron chi connectivity index (χ0n) is 17.9. The number of nitrogen functional groups attached to an aromatic ring is 1. The Labute approximate surface area is 235 Å². The van der Waals surface area contributed by atoms with Gasteiger partial charge in [0, 0.05) is 71.4 Å². The minimum Gasteiger partial charge on any atom is -0.478 e. The second-order valence-electron chi connectivity index (χ2n) is 6.03. The molecule has 0 aliphatic carbocycles. The van der Waals surface area contributed by atoms with Crippen molar-refractivity contribution in [3.8, 4) is 0 Å². The topological polar surface area (TPSA) is 228 Å². The van der Waals surface area contributed by atoms with E-state index in [-0.39, 0.29) is 74.2 Å². The van der Waals surface area contributed by atoms with Crippen LogP contribution in [-0.2, 0) is 39.1 Å². The van der Waals surface area contributed by atoms with Crippen LogP contribution in [0.3, 0.4) is 0 Å². The largest absolute Gasteiger partial charge is 0.478 e. The smallest absolute Gasteiger partial charge is 0.362 e. The molecule has 0 bridgehead atoms. The Morgan fingerprint density at radius 1 is 1.39 bits per heavy atom. The van der Waals surface area contributed by atoms with E-state index < -0.39 is 64.6 Å². The minimum absolute atomic E-state index is 0. The first-order valence-corrected chi connectivity index (χ1v) is 10.5. The van der Waals surface area contributed by atoms with Crippen LogP contribution in [0.25, 0.3) is 0 Å². The van der Waals surface area contributed by atoms with E-state index in [1.165, 1.54) is 5.38 Å². The summed E-state index contributed by atoms with van der Waals surface area (Å²) < 4.78 is 36.7. The second kappa shape index (κ2) is 13.0. The van der Waals surface area contributed by atoms with Crippen LogP contribution >= 0.6 is 11.3 Å². The molecule has 19 heteroatoms. The summed E-state index contributed by atoms with van der Waals surface area (Å²) in [6, 6.07) is -2.96. The number of ether oxygens (including phenoxy) is 1. The minimum atomic E-state index is -4.99. The van der Waals surface area contributed by atoms with Gasteiger partial charge in [-0.25, -0.2) is 14.1 Å². The molecule has 1 aliphatic heterocycles. The summed E-state index contributed by atoms with van der Waals surface area (Å²) in [5.41, 5.74) is 4.86. The number of carbonyl (C=O) groups excluding carboxylic acids is 3. The van der Waals surface area contributed by atoms with Crippen LogP contribution in [0.4, 0.5) is 5.13 Å². The van der Waals surface area contributed by atoms with Gasteiger partial charge in [-0.1, -0.05) is 5.16 Å². The summed E-state index contributed by atoms with van der Waals surface area (Å²) in [5, 5.41) is 15.9. The number of nitrogens with two attached hydrogens (primary N) is 1. The standard InChI is InChI=1S/C14H17N5O10S2.2Na/c1-5(13(23)24)29-18-9(7-4-30-14(15)16-7)11(21)17-10-8(3-28-6(2)20)19(12(10)22)31(25,26)27;;/h4-5,8,10H,3H2,1-2H3,(H2,15,16)(H,17,21)(H,23,24)(H,25,26,27);;/t5?,8-,10+;;/m1../s1. The molecule has 2 amide bonds. The van der Waals surface area contributed by atoms with Crippen molar-refractivity contribution in [2.24, 2.45) is 5.16 Å². The van der Waals surface area contributed by atoms with Crippen LogP contribution in [0.2, 0.25) is 0 Å². The van der Waals surface area contributed by atoms with Gasteiger partial charge in [-0.05, 0) is 6.92 Å². The van der Waals surface area contributed by atoms with Crippen molar-refractivity contribution in [3.05, 3.63) is 11.1 Å². The number of rotatable bonds is 9. The fourth-order valence-corrected chi connectivity index (χ4v) is 3.73. The fraction of sp³-hybridized carbons (Fsp3) is 0.429. The van der Waals surface area contributed by atoms with Gasteiger partial charge in [0.25, 0.3) is 11.8 Å². The third-order valence-electron chi connectivity index (χ3n) is 3.79. The van der Waals surface area contributed by atoms with Crippen LogP contribution in [0.5, 0.6) is 0 Å². The average molecular weight is 525 g/mol. The number of thiazole rings is 1. The van der Waals surface area contributed by atoms with Gasteiger partial charge in [-0.2, -0.15) is 8.42 Å². The molecular formula is C14H17N5Na2O10S2. The maximum Gasteiger partial charge on any atom is 0.362 e. The van der Waals surface area contributed by atoms with E-state index in [0.717, 1.165) is 25.2 Å². The van der Waals surface area contributed by atoms with Crippen LogP contribution < -0.4 is 11.1 Å². The van der Waals surface area contributed by atoms with E-state index in [4.69, 9.17) is 15.7 Å². The van der Waals surface area contributed by atoms with Crippen molar-refractivity contribution < 1.29 is 46.8 Å². The number of nitrogens with one attached hydrogen (secondary N) is 1. The zero-order chi connectivity index (χ0) is 23.5. The number of anilines is 1. The first-order chi connectivity index (χ1) is 14.3. The van der Waals surface area contributed by atoms with Gasteiger partial charge in [0.05, 0.1) is 0 Å². The number of oxime groups is 1. The van der Waals surface area contributed by atoms with Gasteiger partial charge in [0.2, 0.25) is 6.10 Å². The summed E-state index contributed by atoms with van der Waals surface area (Å²) >= 11 is 0.934. The molecule has 0 aromatic carbocycles. The van der Waals surface area contributed by atoms with Gasteiger partial charge in [-0.3, -0.25) is 18.9 Å². The van der Waals surface area contributed by atoms with Gasteiger partial charge in [0.1, 0.15) is 24.4 Å². The maximum atomic E-state index is 12.7.